The first-order valence-corrected chi connectivity index (χ1v) is 7.42. The third kappa shape index (κ3) is 3.86. The molecule has 3 unspecified atom stereocenters. The molecule has 0 fully saturated rings. The summed E-state index contributed by atoms with van der Waals surface area (Å²) < 4.78 is 17.3. The summed E-state index contributed by atoms with van der Waals surface area (Å²) in [6, 6.07) is 8.39. The number of rotatable bonds is 7. The summed E-state index contributed by atoms with van der Waals surface area (Å²) in [6.45, 7) is 3.67. The van der Waals surface area contributed by atoms with Gasteiger partial charge in [-0.05, 0) is 18.1 Å². The van der Waals surface area contributed by atoms with Crippen molar-refractivity contribution in [3.63, 3.8) is 0 Å². The molecule has 18 heavy (non-hydrogen) atoms. The van der Waals surface area contributed by atoms with Crippen molar-refractivity contribution in [1.29, 1.82) is 0 Å². The van der Waals surface area contributed by atoms with Crippen LogP contribution in [-0.2, 0) is 9.36 Å². The van der Waals surface area contributed by atoms with E-state index in [9.17, 15) is 14.3 Å². The fourth-order valence-corrected chi connectivity index (χ4v) is 3.20. The normalized spacial score (nSPS) is 17.3. The van der Waals surface area contributed by atoms with Crippen LogP contribution >= 0.6 is 7.60 Å². The quantitative estimate of drug-likeness (QED) is 0.589. The average Bonchev–Trinajstić information content (AvgIpc) is 2.35. The summed E-state index contributed by atoms with van der Waals surface area (Å²) in [7, 11) is -3.96. The molecule has 0 aliphatic rings. The third-order valence-electron chi connectivity index (χ3n) is 2.75. The molecule has 1 aromatic carbocycles. The molecule has 0 radical (unpaired) electrons. The van der Waals surface area contributed by atoms with Crippen LogP contribution in [0.4, 0.5) is 0 Å². The molecule has 0 spiro atoms. The Morgan fingerprint density at radius 1 is 1.44 bits per heavy atom. The lowest BCUT2D eigenvalue weighted by Crippen LogP contribution is -2.35. The van der Waals surface area contributed by atoms with Crippen molar-refractivity contribution < 1.29 is 18.8 Å². The van der Waals surface area contributed by atoms with E-state index in [1.807, 2.05) is 6.92 Å². The molecule has 1 rings (SSSR count). The van der Waals surface area contributed by atoms with Crippen molar-refractivity contribution in [1.82, 2.24) is 5.32 Å². The van der Waals surface area contributed by atoms with Gasteiger partial charge in [0.15, 0.2) is 0 Å². The van der Waals surface area contributed by atoms with E-state index in [0.717, 1.165) is 0 Å². The summed E-state index contributed by atoms with van der Waals surface area (Å²) in [5.74, 6) is -0.751. The van der Waals surface area contributed by atoms with Crippen LogP contribution in [0.2, 0.25) is 0 Å². The van der Waals surface area contributed by atoms with E-state index in [2.05, 4.69) is 5.32 Å². The van der Waals surface area contributed by atoms with E-state index < -0.39 is 13.4 Å². The predicted molar refractivity (Wildman–Crippen MR) is 69.3 cm³/mol. The van der Waals surface area contributed by atoms with Gasteiger partial charge in [0.1, 0.15) is 11.5 Å². The van der Waals surface area contributed by atoms with Gasteiger partial charge in [0.25, 0.3) is 0 Å². The van der Waals surface area contributed by atoms with Gasteiger partial charge in [-0.1, -0.05) is 38.5 Å². The minimum absolute atomic E-state index is 0.158. The highest BCUT2D eigenvalue weighted by Crippen LogP contribution is 2.49. The molecule has 0 heterocycles. The van der Waals surface area contributed by atoms with Crippen molar-refractivity contribution in [3.8, 4) is 5.75 Å². The number of carbonyl (C=O) groups excluding carboxylic acids is 1. The molecule has 1 amide bonds. The maximum absolute atomic E-state index is 12.2. The second-order valence-corrected chi connectivity index (χ2v) is 5.95. The molecule has 0 saturated heterocycles. The maximum Gasteiger partial charge on any atom is 0.399 e. The van der Waals surface area contributed by atoms with E-state index in [0.29, 0.717) is 18.6 Å². The van der Waals surface area contributed by atoms with Crippen LogP contribution in [0.15, 0.2) is 30.3 Å². The van der Waals surface area contributed by atoms with Crippen LogP contribution in [0.5, 0.6) is 5.75 Å². The maximum atomic E-state index is 12.2. The van der Waals surface area contributed by atoms with Crippen molar-refractivity contribution in [2.45, 2.75) is 26.1 Å². The lowest BCUT2D eigenvalue weighted by molar-refractivity contribution is -0.110. The van der Waals surface area contributed by atoms with E-state index in [-0.39, 0.29) is 5.92 Å². The van der Waals surface area contributed by atoms with Crippen molar-refractivity contribution >= 4 is 14.0 Å². The molecule has 0 saturated carbocycles. The Balaban J connectivity index is 2.88. The van der Waals surface area contributed by atoms with Crippen LogP contribution < -0.4 is 9.84 Å². The Bertz CT molecular complexity index is 423. The Labute approximate surface area is 107 Å². The zero-order valence-electron chi connectivity index (χ0n) is 10.4. The fraction of sp³-hybridized carbons (Fsp3) is 0.417. The van der Waals surface area contributed by atoms with Gasteiger partial charge >= 0.3 is 7.60 Å². The Kier molecular flexibility index (Phi) is 5.38. The summed E-state index contributed by atoms with van der Waals surface area (Å²) >= 11 is 0. The fourth-order valence-electron chi connectivity index (χ4n) is 1.56. The van der Waals surface area contributed by atoms with Crippen molar-refractivity contribution in [2.75, 3.05) is 0 Å². The van der Waals surface area contributed by atoms with Crippen LogP contribution in [0.3, 0.4) is 0 Å². The molecule has 0 bridgehead atoms. The molecular formula is C12H18NO4P. The van der Waals surface area contributed by atoms with Gasteiger partial charge < -0.3 is 14.7 Å². The number of para-hydroxylation sites is 1. The molecule has 6 heteroatoms. The lowest BCUT2D eigenvalue weighted by atomic mass is 10.1. The number of amides is 1. The highest BCUT2D eigenvalue weighted by atomic mass is 31.2. The Morgan fingerprint density at radius 2 is 2.06 bits per heavy atom. The smallest absolute Gasteiger partial charge is 0.399 e. The third-order valence-corrected chi connectivity index (χ3v) is 4.59. The van der Waals surface area contributed by atoms with Gasteiger partial charge in [-0.2, -0.15) is 0 Å². The minimum atomic E-state index is -3.96. The first-order valence-electron chi connectivity index (χ1n) is 5.78. The first kappa shape index (κ1) is 14.7. The molecule has 5 nitrogen and oxygen atoms in total. The second kappa shape index (κ2) is 6.57. The van der Waals surface area contributed by atoms with Crippen molar-refractivity contribution in [3.05, 3.63) is 30.3 Å². The second-order valence-electron chi connectivity index (χ2n) is 4.08. The molecule has 0 aliphatic heterocycles. The standard InChI is InChI=1S/C12H18NO4P/c1-3-10(2)12(13-9-14)18(15,16)17-11-7-5-4-6-8-11/h4-10,12H,3H2,1-2H3,(H,13,14)(H,15,16). The van der Waals surface area contributed by atoms with Crippen molar-refractivity contribution in [2.24, 2.45) is 5.92 Å². The molecule has 0 aliphatic carbocycles. The number of benzene rings is 1. The van der Waals surface area contributed by atoms with Gasteiger partial charge in [0.2, 0.25) is 6.41 Å². The van der Waals surface area contributed by atoms with Gasteiger partial charge in [-0.3, -0.25) is 4.79 Å². The number of hydrogen-bond donors (Lipinski definition) is 2. The predicted octanol–water partition coefficient (Wildman–Crippen LogP) is 2.37. The highest BCUT2D eigenvalue weighted by molar-refractivity contribution is 7.54. The SMILES string of the molecule is CCC(C)C(NC=O)P(=O)(O)Oc1ccccc1. The van der Waals surface area contributed by atoms with Gasteiger partial charge in [-0.25, -0.2) is 4.57 Å². The molecule has 1 aromatic rings. The molecular weight excluding hydrogens is 253 g/mol. The van der Waals surface area contributed by atoms with Gasteiger partial charge in [0, 0.05) is 0 Å². The average molecular weight is 271 g/mol. The number of nitrogens with one attached hydrogen (secondary N) is 1. The first-order chi connectivity index (χ1) is 8.51. The zero-order valence-corrected chi connectivity index (χ0v) is 11.3. The van der Waals surface area contributed by atoms with E-state index in [1.165, 1.54) is 0 Å². The van der Waals surface area contributed by atoms with E-state index in [1.54, 1.807) is 37.3 Å². The van der Waals surface area contributed by atoms with Gasteiger partial charge in [0.05, 0.1) is 0 Å². The van der Waals surface area contributed by atoms with Gasteiger partial charge in [-0.15, -0.1) is 0 Å². The number of hydrogen-bond acceptors (Lipinski definition) is 3. The Morgan fingerprint density at radius 3 is 2.56 bits per heavy atom. The molecule has 2 N–H and O–H groups in total. The molecule has 0 aromatic heterocycles. The van der Waals surface area contributed by atoms with Crippen LogP contribution in [-0.4, -0.2) is 17.1 Å². The lowest BCUT2D eigenvalue weighted by Gasteiger charge is -2.26. The Hall–Kier alpha value is -1.32. The molecule has 3 atom stereocenters. The number of carbonyl (C=O) groups is 1. The van der Waals surface area contributed by atoms with Crippen LogP contribution in [0.1, 0.15) is 20.3 Å². The summed E-state index contributed by atoms with van der Waals surface area (Å²) in [5.41, 5.74) is 0. The van der Waals surface area contributed by atoms with Crippen LogP contribution in [0.25, 0.3) is 0 Å². The van der Waals surface area contributed by atoms with Crippen LogP contribution in [0, 0.1) is 5.92 Å². The molecule has 100 valence electrons. The van der Waals surface area contributed by atoms with E-state index in [4.69, 9.17) is 4.52 Å². The zero-order chi connectivity index (χ0) is 13.6. The largest absolute Gasteiger partial charge is 0.423 e. The van der Waals surface area contributed by atoms with E-state index >= 15 is 0 Å². The highest BCUT2D eigenvalue weighted by Gasteiger charge is 2.37. The topological polar surface area (TPSA) is 75.6 Å². The summed E-state index contributed by atoms with van der Waals surface area (Å²) in [4.78, 5) is 20.5. The summed E-state index contributed by atoms with van der Waals surface area (Å²) in [6.07, 6.45) is 1.09. The summed E-state index contributed by atoms with van der Waals surface area (Å²) in [5, 5.41) is 2.38. The monoisotopic (exact) mass is 271 g/mol. The minimum Gasteiger partial charge on any atom is -0.423 e.